The van der Waals surface area contributed by atoms with Gasteiger partial charge in [0.15, 0.2) is 5.76 Å². The molecule has 0 aliphatic heterocycles. The molecule has 29 heavy (non-hydrogen) atoms. The van der Waals surface area contributed by atoms with E-state index in [4.69, 9.17) is 9.15 Å². The fourth-order valence-electron chi connectivity index (χ4n) is 2.29. The van der Waals surface area contributed by atoms with Gasteiger partial charge in [-0.1, -0.05) is 18.2 Å². The molecule has 148 valence electrons. The Kier molecular flexibility index (Phi) is 6.25. The predicted molar refractivity (Wildman–Crippen MR) is 105 cm³/mol. The van der Waals surface area contributed by atoms with Crippen LogP contribution >= 0.6 is 15.9 Å². The number of halogens is 1. The number of nitrogens with zero attached hydrogens (tertiary/aromatic N) is 1. The number of nitro groups is 1. The summed E-state index contributed by atoms with van der Waals surface area (Å²) < 4.78 is 11.2. The molecule has 0 unspecified atom stereocenters. The Balaban J connectivity index is 1.55. The summed E-state index contributed by atoms with van der Waals surface area (Å²) in [6.07, 6.45) is 0. The molecule has 0 saturated heterocycles. The lowest BCUT2D eigenvalue weighted by atomic mass is 10.2. The number of amides is 2. The molecule has 2 aromatic carbocycles. The first-order chi connectivity index (χ1) is 13.9. The number of furan rings is 1. The standard InChI is InChI=1S/C19H14BrN3O6/c20-15-8-6-12(10-16(15)23(26)27)18(24)21-22-19(25)17-9-7-14(29-17)11-28-13-4-2-1-3-5-13/h1-10H,11H2,(H,21,24)(H,22,25). The number of nitro benzene ring substituents is 1. The van der Waals surface area contributed by atoms with E-state index in [1.54, 1.807) is 18.2 Å². The average Bonchev–Trinajstić information content (AvgIpc) is 3.20. The second-order valence-corrected chi connectivity index (χ2v) is 6.55. The Morgan fingerprint density at radius 3 is 2.48 bits per heavy atom. The summed E-state index contributed by atoms with van der Waals surface area (Å²) in [6, 6.07) is 16.0. The van der Waals surface area contributed by atoms with Crippen molar-refractivity contribution in [2.75, 3.05) is 0 Å². The van der Waals surface area contributed by atoms with Gasteiger partial charge < -0.3 is 9.15 Å². The molecule has 10 heteroatoms. The van der Waals surface area contributed by atoms with Crippen molar-refractivity contribution >= 4 is 33.4 Å². The van der Waals surface area contributed by atoms with Gasteiger partial charge in [-0.25, -0.2) is 0 Å². The molecule has 2 amide bonds. The van der Waals surface area contributed by atoms with Crippen LogP contribution in [0.2, 0.25) is 0 Å². The normalized spacial score (nSPS) is 10.2. The molecule has 0 radical (unpaired) electrons. The number of hydrazine groups is 1. The molecule has 9 nitrogen and oxygen atoms in total. The van der Waals surface area contributed by atoms with Crippen LogP contribution in [-0.2, 0) is 6.61 Å². The van der Waals surface area contributed by atoms with Crippen molar-refractivity contribution < 1.29 is 23.7 Å². The molecule has 2 N–H and O–H groups in total. The van der Waals surface area contributed by atoms with Crippen molar-refractivity contribution in [3.8, 4) is 5.75 Å². The maximum atomic E-state index is 12.1. The van der Waals surface area contributed by atoms with Crippen LogP contribution in [0.3, 0.4) is 0 Å². The van der Waals surface area contributed by atoms with Crippen molar-refractivity contribution in [2.24, 2.45) is 0 Å². The molecule has 3 aromatic rings. The smallest absolute Gasteiger partial charge is 0.305 e. The van der Waals surface area contributed by atoms with Crippen LogP contribution in [0.4, 0.5) is 5.69 Å². The Hall–Kier alpha value is -3.66. The Morgan fingerprint density at radius 2 is 1.76 bits per heavy atom. The number of hydrogen-bond acceptors (Lipinski definition) is 6. The van der Waals surface area contributed by atoms with Gasteiger partial charge in [-0.05, 0) is 52.3 Å². The zero-order valence-electron chi connectivity index (χ0n) is 14.8. The minimum absolute atomic E-state index is 0.0107. The fourth-order valence-corrected chi connectivity index (χ4v) is 2.68. The third-order valence-corrected chi connectivity index (χ3v) is 4.37. The Labute approximate surface area is 172 Å². The molecule has 0 aliphatic rings. The molecule has 3 rings (SSSR count). The van der Waals surface area contributed by atoms with Crippen LogP contribution in [0.15, 0.2) is 69.6 Å². The quantitative estimate of drug-likeness (QED) is 0.428. The van der Waals surface area contributed by atoms with E-state index >= 15 is 0 Å². The van der Waals surface area contributed by atoms with Gasteiger partial charge >= 0.3 is 5.91 Å². The minimum atomic E-state index is -0.715. The maximum Gasteiger partial charge on any atom is 0.305 e. The molecular weight excluding hydrogens is 446 g/mol. The van der Waals surface area contributed by atoms with Crippen LogP contribution in [-0.4, -0.2) is 16.7 Å². The highest BCUT2D eigenvalue weighted by Crippen LogP contribution is 2.25. The number of carbonyl (C=O) groups excluding carboxylic acids is 2. The Morgan fingerprint density at radius 1 is 1.03 bits per heavy atom. The lowest BCUT2D eigenvalue weighted by molar-refractivity contribution is -0.385. The SMILES string of the molecule is O=C(NNC(=O)c1ccc(COc2ccccc2)o1)c1ccc(Br)c([N+](=O)[O-])c1. The van der Waals surface area contributed by atoms with Crippen molar-refractivity contribution in [2.45, 2.75) is 6.61 Å². The van der Waals surface area contributed by atoms with Gasteiger partial charge in [-0.2, -0.15) is 0 Å². The van der Waals surface area contributed by atoms with E-state index < -0.39 is 16.7 Å². The highest BCUT2D eigenvalue weighted by atomic mass is 79.9. The second-order valence-electron chi connectivity index (χ2n) is 5.70. The van der Waals surface area contributed by atoms with Crippen LogP contribution in [0.1, 0.15) is 26.7 Å². The summed E-state index contributed by atoms with van der Waals surface area (Å²) in [5, 5.41) is 10.9. The average molecular weight is 460 g/mol. The molecule has 0 spiro atoms. The van der Waals surface area contributed by atoms with E-state index in [1.807, 2.05) is 18.2 Å². The van der Waals surface area contributed by atoms with Crippen molar-refractivity contribution in [3.05, 3.63) is 92.3 Å². The lowest BCUT2D eigenvalue weighted by Crippen LogP contribution is -2.41. The highest BCUT2D eigenvalue weighted by Gasteiger charge is 2.17. The number of para-hydroxylation sites is 1. The third-order valence-electron chi connectivity index (χ3n) is 3.70. The zero-order chi connectivity index (χ0) is 20.8. The molecule has 0 aliphatic carbocycles. The lowest BCUT2D eigenvalue weighted by Gasteiger charge is -2.06. The summed E-state index contributed by atoms with van der Waals surface area (Å²) in [5.41, 5.74) is 4.12. The summed E-state index contributed by atoms with van der Waals surface area (Å²) in [6.45, 7) is 0.131. The van der Waals surface area contributed by atoms with E-state index in [1.165, 1.54) is 18.2 Å². The molecule has 1 heterocycles. The van der Waals surface area contributed by atoms with Gasteiger partial charge in [0.2, 0.25) is 0 Å². The Bertz CT molecular complexity index is 1050. The molecule has 0 bridgehead atoms. The number of benzene rings is 2. The van der Waals surface area contributed by atoms with E-state index in [9.17, 15) is 19.7 Å². The molecule has 0 fully saturated rings. The minimum Gasteiger partial charge on any atom is -0.486 e. The summed E-state index contributed by atoms with van der Waals surface area (Å²) in [7, 11) is 0. The first-order valence-corrected chi connectivity index (χ1v) is 9.04. The van der Waals surface area contributed by atoms with Gasteiger partial charge in [0.25, 0.3) is 11.6 Å². The van der Waals surface area contributed by atoms with Crippen molar-refractivity contribution in [3.63, 3.8) is 0 Å². The first-order valence-electron chi connectivity index (χ1n) is 8.25. The van der Waals surface area contributed by atoms with E-state index in [-0.39, 0.29) is 28.1 Å². The van der Waals surface area contributed by atoms with Gasteiger partial charge in [-0.3, -0.25) is 30.6 Å². The molecule has 0 saturated carbocycles. The van der Waals surface area contributed by atoms with Gasteiger partial charge in [0.1, 0.15) is 18.1 Å². The van der Waals surface area contributed by atoms with Crippen molar-refractivity contribution in [1.29, 1.82) is 0 Å². The van der Waals surface area contributed by atoms with Gasteiger partial charge in [-0.15, -0.1) is 0 Å². The zero-order valence-corrected chi connectivity index (χ0v) is 16.3. The van der Waals surface area contributed by atoms with Crippen LogP contribution in [0.25, 0.3) is 0 Å². The number of hydrogen-bond donors (Lipinski definition) is 2. The van der Waals surface area contributed by atoms with Crippen LogP contribution < -0.4 is 15.6 Å². The van der Waals surface area contributed by atoms with Crippen LogP contribution in [0.5, 0.6) is 5.75 Å². The molecule has 1 aromatic heterocycles. The summed E-state index contributed by atoms with van der Waals surface area (Å²) in [5.74, 6) is -0.345. The second kappa shape index (κ2) is 9.02. The predicted octanol–water partition coefficient (Wildman–Crippen LogP) is 3.60. The monoisotopic (exact) mass is 459 g/mol. The molecular formula is C19H14BrN3O6. The van der Waals surface area contributed by atoms with E-state index in [0.29, 0.717) is 11.5 Å². The van der Waals surface area contributed by atoms with Gasteiger partial charge in [0.05, 0.1) is 9.40 Å². The van der Waals surface area contributed by atoms with Gasteiger partial charge in [0, 0.05) is 11.6 Å². The number of rotatable bonds is 6. The summed E-state index contributed by atoms with van der Waals surface area (Å²) in [4.78, 5) is 34.6. The summed E-state index contributed by atoms with van der Waals surface area (Å²) >= 11 is 3.04. The number of carbonyl (C=O) groups is 2. The topological polar surface area (TPSA) is 124 Å². The highest BCUT2D eigenvalue weighted by molar-refractivity contribution is 9.10. The largest absolute Gasteiger partial charge is 0.486 e. The number of nitrogens with one attached hydrogen (secondary N) is 2. The van der Waals surface area contributed by atoms with Crippen molar-refractivity contribution in [1.82, 2.24) is 10.9 Å². The maximum absolute atomic E-state index is 12.1. The van der Waals surface area contributed by atoms with Crippen LogP contribution in [0, 0.1) is 10.1 Å². The first kappa shape index (κ1) is 20.1. The fraction of sp³-hybridized carbons (Fsp3) is 0.0526. The number of ether oxygens (including phenoxy) is 1. The van der Waals surface area contributed by atoms with E-state index in [2.05, 4.69) is 26.8 Å². The third kappa shape index (κ3) is 5.20. The van der Waals surface area contributed by atoms with E-state index in [0.717, 1.165) is 6.07 Å². The molecule has 0 atom stereocenters.